The summed E-state index contributed by atoms with van der Waals surface area (Å²) in [5.74, 6) is 0.820. The van der Waals surface area contributed by atoms with Gasteiger partial charge in [-0.05, 0) is 24.6 Å². The predicted molar refractivity (Wildman–Crippen MR) is 105 cm³/mol. The van der Waals surface area contributed by atoms with E-state index >= 15 is 0 Å². The zero-order valence-electron chi connectivity index (χ0n) is 15.7. The molecule has 0 bridgehead atoms. The number of hydrogen-bond acceptors (Lipinski definition) is 6. The van der Waals surface area contributed by atoms with Gasteiger partial charge in [-0.3, -0.25) is 4.90 Å². The van der Waals surface area contributed by atoms with Crippen molar-refractivity contribution in [1.29, 1.82) is 0 Å². The van der Waals surface area contributed by atoms with E-state index in [1.807, 2.05) is 42.2 Å². The monoisotopic (exact) mass is 375 g/mol. The molecule has 142 valence electrons. The lowest BCUT2D eigenvalue weighted by Crippen LogP contribution is -2.62. The fourth-order valence-corrected chi connectivity index (χ4v) is 4.28. The molecule has 0 spiro atoms. The number of aromatic nitrogens is 3. The Morgan fingerprint density at radius 1 is 1.11 bits per heavy atom. The number of carbonyl (C=O) groups excluding carboxylic acids is 1. The van der Waals surface area contributed by atoms with Crippen LogP contribution in [0.2, 0.25) is 0 Å². The van der Waals surface area contributed by atoms with Crippen LogP contribution in [0, 0.1) is 6.92 Å². The van der Waals surface area contributed by atoms with Crippen LogP contribution in [0.25, 0.3) is 11.0 Å². The highest BCUT2D eigenvalue weighted by atomic mass is 16.6. The van der Waals surface area contributed by atoms with E-state index in [-0.39, 0.29) is 6.09 Å². The molecule has 2 fully saturated rings. The third-order valence-electron chi connectivity index (χ3n) is 5.61. The molecule has 7 nitrogen and oxygen atoms in total. The molecule has 1 aromatic carbocycles. The summed E-state index contributed by atoms with van der Waals surface area (Å²) >= 11 is 0. The highest BCUT2D eigenvalue weighted by Crippen LogP contribution is 2.35. The van der Waals surface area contributed by atoms with Crippen LogP contribution < -0.4 is 4.90 Å². The Labute approximate surface area is 163 Å². The summed E-state index contributed by atoms with van der Waals surface area (Å²) in [6.07, 6.45) is 2.10. The van der Waals surface area contributed by atoms with Crippen LogP contribution in [0.15, 0.2) is 48.8 Å². The highest BCUT2D eigenvalue weighted by Gasteiger charge is 2.51. The van der Waals surface area contributed by atoms with Crippen LogP contribution in [-0.4, -0.2) is 57.7 Å². The zero-order chi connectivity index (χ0) is 19.1. The number of fused-ring (bicyclic) bond motifs is 2. The Morgan fingerprint density at radius 3 is 2.82 bits per heavy atom. The van der Waals surface area contributed by atoms with Gasteiger partial charge in [-0.2, -0.15) is 0 Å². The number of cyclic esters (lactones) is 1. The topological polar surface area (TPSA) is 71.5 Å². The first-order chi connectivity index (χ1) is 13.6. The smallest absolute Gasteiger partial charge is 0.410 e. The number of ether oxygens (including phenoxy) is 1. The summed E-state index contributed by atoms with van der Waals surface area (Å²) in [4.78, 5) is 30.0. The van der Waals surface area contributed by atoms with Gasteiger partial charge in [0.05, 0.1) is 5.52 Å². The Balaban J connectivity index is 1.53. The van der Waals surface area contributed by atoms with Crippen molar-refractivity contribution in [1.82, 2.24) is 19.9 Å². The maximum Gasteiger partial charge on any atom is 0.410 e. The first kappa shape index (κ1) is 16.9. The molecule has 0 saturated carbocycles. The Kier molecular flexibility index (Phi) is 3.89. The standard InChI is InChI=1S/C21H21N5O2/c1-15-7-8-17-18(24-15)19(23-14-22-17)25-9-10-26-20(27)28-13-21(26,12-25)11-16-5-3-2-4-6-16/h2-8,14H,9-13H2,1H3. The highest BCUT2D eigenvalue weighted by molar-refractivity contribution is 5.85. The van der Waals surface area contributed by atoms with Gasteiger partial charge in [0, 0.05) is 31.7 Å². The van der Waals surface area contributed by atoms with E-state index in [0.29, 0.717) is 26.2 Å². The minimum absolute atomic E-state index is 0.225. The van der Waals surface area contributed by atoms with E-state index in [1.165, 1.54) is 5.56 Å². The van der Waals surface area contributed by atoms with Crippen LogP contribution in [0.5, 0.6) is 0 Å². The van der Waals surface area contributed by atoms with Crippen LogP contribution >= 0.6 is 0 Å². The molecule has 5 rings (SSSR count). The van der Waals surface area contributed by atoms with Gasteiger partial charge in [0.15, 0.2) is 5.82 Å². The minimum atomic E-state index is -0.405. The van der Waals surface area contributed by atoms with Gasteiger partial charge in [-0.15, -0.1) is 0 Å². The minimum Gasteiger partial charge on any atom is -0.447 e. The number of carbonyl (C=O) groups is 1. The molecule has 3 aromatic rings. The Hall–Kier alpha value is -3.22. The van der Waals surface area contributed by atoms with E-state index in [2.05, 4.69) is 32.0 Å². The number of pyridine rings is 1. The molecule has 2 aliphatic rings. The van der Waals surface area contributed by atoms with Gasteiger partial charge in [0.25, 0.3) is 0 Å². The summed E-state index contributed by atoms with van der Waals surface area (Å²) in [7, 11) is 0. The van der Waals surface area contributed by atoms with Crippen molar-refractivity contribution < 1.29 is 9.53 Å². The van der Waals surface area contributed by atoms with Crippen molar-refractivity contribution in [3.63, 3.8) is 0 Å². The lowest BCUT2D eigenvalue weighted by atomic mass is 9.88. The maximum atomic E-state index is 12.4. The molecule has 1 unspecified atom stereocenters. The normalized spacial score (nSPS) is 21.7. The van der Waals surface area contributed by atoms with Crippen molar-refractivity contribution in [3.05, 3.63) is 60.0 Å². The molecular weight excluding hydrogens is 354 g/mol. The third kappa shape index (κ3) is 2.74. The predicted octanol–water partition coefficient (Wildman–Crippen LogP) is 2.59. The van der Waals surface area contributed by atoms with Crippen molar-refractivity contribution in [2.45, 2.75) is 18.9 Å². The van der Waals surface area contributed by atoms with Crippen molar-refractivity contribution >= 4 is 22.9 Å². The molecule has 0 radical (unpaired) electrons. The molecule has 2 saturated heterocycles. The van der Waals surface area contributed by atoms with E-state index in [0.717, 1.165) is 29.0 Å². The zero-order valence-corrected chi connectivity index (χ0v) is 15.7. The van der Waals surface area contributed by atoms with E-state index in [9.17, 15) is 4.79 Å². The number of aryl methyl sites for hydroxylation is 1. The van der Waals surface area contributed by atoms with Gasteiger partial charge in [-0.25, -0.2) is 19.7 Å². The molecule has 0 aliphatic carbocycles. The number of amides is 1. The summed E-state index contributed by atoms with van der Waals surface area (Å²) in [5.41, 5.74) is 3.34. The molecule has 1 amide bonds. The van der Waals surface area contributed by atoms with E-state index < -0.39 is 5.54 Å². The number of benzene rings is 1. The summed E-state index contributed by atoms with van der Waals surface area (Å²) in [6, 6.07) is 14.2. The average Bonchev–Trinajstić information content (AvgIpc) is 3.04. The van der Waals surface area contributed by atoms with Gasteiger partial charge < -0.3 is 9.64 Å². The molecule has 4 heterocycles. The van der Waals surface area contributed by atoms with Crippen LogP contribution in [0.3, 0.4) is 0 Å². The fraction of sp³-hybridized carbons (Fsp3) is 0.333. The molecule has 0 N–H and O–H groups in total. The van der Waals surface area contributed by atoms with Crippen molar-refractivity contribution in [2.24, 2.45) is 0 Å². The quantitative estimate of drug-likeness (QED) is 0.701. The largest absolute Gasteiger partial charge is 0.447 e. The van der Waals surface area contributed by atoms with Crippen LogP contribution in [0.4, 0.5) is 10.6 Å². The summed E-state index contributed by atoms with van der Waals surface area (Å²) in [5, 5.41) is 0. The molecule has 28 heavy (non-hydrogen) atoms. The van der Waals surface area contributed by atoms with Gasteiger partial charge in [0.2, 0.25) is 0 Å². The maximum absolute atomic E-state index is 12.4. The van der Waals surface area contributed by atoms with Gasteiger partial charge in [-0.1, -0.05) is 30.3 Å². The average molecular weight is 375 g/mol. The number of piperazine rings is 1. The SMILES string of the molecule is Cc1ccc2ncnc(N3CCN4C(=O)OCC4(Cc4ccccc4)C3)c2n1. The molecule has 2 aromatic heterocycles. The number of nitrogens with zero attached hydrogens (tertiary/aromatic N) is 5. The summed E-state index contributed by atoms with van der Waals surface area (Å²) < 4.78 is 5.48. The molecule has 7 heteroatoms. The number of anilines is 1. The van der Waals surface area contributed by atoms with Crippen LogP contribution in [0.1, 0.15) is 11.3 Å². The van der Waals surface area contributed by atoms with Gasteiger partial charge in [0.1, 0.15) is 24.0 Å². The summed E-state index contributed by atoms with van der Waals surface area (Å²) in [6.45, 7) is 4.28. The first-order valence-corrected chi connectivity index (χ1v) is 9.46. The second-order valence-corrected chi connectivity index (χ2v) is 7.53. The lowest BCUT2D eigenvalue weighted by Gasteiger charge is -2.45. The Bertz CT molecular complexity index is 1040. The fourth-order valence-electron chi connectivity index (χ4n) is 4.28. The first-order valence-electron chi connectivity index (χ1n) is 9.46. The van der Waals surface area contributed by atoms with Crippen molar-refractivity contribution in [2.75, 3.05) is 31.1 Å². The van der Waals surface area contributed by atoms with E-state index in [1.54, 1.807) is 6.33 Å². The number of hydrogen-bond donors (Lipinski definition) is 0. The van der Waals surface area contributed by atoms with E-state index in [4.69, 9.17) is 4.74 Å². The van der Waals surface area contributed by atoms with Gasteiger partial charge >= 0.3 is 6.09 Å². The van der Waals surface area contributed by atoms with Crippen LogP contribution in [-0.2, 0) is 11.2 Å². The molecule has 1 atom stereocenters. The lowest BCUT2D eigenvalue weighted by molar-refractivity contribution is 0.140. The van der Waals surface area contributed by atoms with Crippen molar-refractivity contribution in [3.8, 4) is 0 Å². The molecular formula is C21H21N5O2. The number of rotatable bonds is 3. The second kappa shape index (κ2) is 6.44. The third-order valence-corrected chi connectivity index (χ3v) is 5.61. The molecule has 2 aliphatic heterocycles. The Morgan fingerprint density at radius 2 is 1.96 bits per heavy atom. The second-order valence-electron chi connectivity index (χ2n) is 7.53.